The van der Waals surface area contributed by atoms with Gasteiger partial charge in [0, 0.05) is 57.0 Å². The molecule has 0 spiro atoms. The lowest BCUT2D eigenvalue weighted by molar-refractivity contribution is 0.176. The number of hydrogen-bond acceptors (Lipinski definition) is 4. The van der Waals surface area contributed by atoms with Crippen LogP contribution in [-0.2, 0) is 20.1 Å². The van der Waals surface area contributed by atoms with Crippen LogP contribution in [0.1, 0.15) is 23.5 Å². The number of likely N-dealkylation sites (tertiary alicyclic amines) is 1. The first-order chi connectivity index (χ1) is 11.5. The molecule has 0 aliphatic carbocycles. The van der Waals surface area contributed by atoms with Gasteiger partial charge in [0.05, 0.1) is 6.54 Å². The molecule has 2 atom stereocenters. The summed E-state index contributed by atoms with van der Waals surface area (Å²) in [7, 11) is 4.08. The van der Waals surface area contributed by atoms with Crippen molar-refractivity contribution in [3.8, 4) is 0 Å². The van der Waals surface area contributed by atoms with Crippen LogP contribution in [0.15, 0.2) is 30.7 Å². The van der Waals surface area contributed by atoms with Crippen molar-refractivity contribution in [1.29, 1.82) is 0 Å². The van der Waals surface area contributed by atoms with Gasteiger partial charge in [0.25, 0.3) is 0 Å². The first-order valence-corrected chi connectivity index (χ1v) is 8.45. The molecule has 0 unspecified atom stereocenters. The number of aromatic nitrogens is 3. The molecule has 0 aromatic carbocycles. The van der Waals surface area contributed by atoms with E-state index in [4.69, 9.17) is 0 Å². The highest BCUT2D eigenvalue weighted by atomic mass is 19.1. The zero-order chi connectivity index (χ0) is 17.1. The van der Waals surface area contributed by atoms with E-state index in [-0.39, 0.29) is 6.04 Å². The van der Waals surface area contributed by atoms with E-state index in [2.05, 4.69) is 32.9 Å². The summed E-state index contributed by atoms with van der Waals surface area (Å²) in [6.45, 7) is 4.92. The topological polar surface area (TPSA) is 37.2 Å². The van der Waals surface area contributed by atoms with Crippen molar-refractivity contribution in [3.63, 3.8) is 0 Å². The van der Waals surface area contributed by atoms with Crippen LogP contribution < -0.4 is 0 Å². The Kier molecular flexibility index (Phi) is 5.26. The van der Waals surface area contributed by atoms with Gasteiger partial charge >= 0.3 is 0 Å². The first-order valence-electron chi connectivity index (χ1n) is 8.45. The van der Waals surface area contributed by atoms with Gasteiger partial charge < -0.3 is 9.47 Å². The smallest absolute Gasteiger partial charge is 0.122 e. The molecule has 1 fully saturated rings. The van der Waals surface area contributed by atoms with Crippen molar-refractivity contribution in [2.24, 2.45) is 7.05 Å². The Morgan fingerprint density at radius 1 is 1.33 bits per heavy atom. The van der Waals surface area contributed by atoms with Gasteiger partial charge in [-0.05, 0) is 38.1 Å². The second kappa shape index (κ2) is 7.40. The summed E-state index contributed by atoms with van der Waals surface area (Å²) in [6.07, 6.45) is 5.44. The molecule has 5 nitrogen and oxygen atoms in total. The molecular formula is C18H26FN5. The molecular weight excluding hydrogens is 305 g/mol. The van der Waals surface area contributed by atoms with Gasteiger partial charge in [-0.25, -0.2) is 9.37 Å². The molecule has 0 radical (unpaired) electrons. The van der Waals surface area contributed by atoms with Crippen LogP contribution in [0, 0.1) is 6.92 Å². The van der Waals surface area contributed by atoms with Crippen molar-refractivity contribution in [1.82, 2.24) is 24.3 Å². The average Bonchev–Trinajstić information content (AvgIpc) is 3.06. The van der Waals surface area contributed by atoms with Crippen molar-refractivity contribution in [3.05, 3.63) is 47.8 Å². The molecule has 0 saturated carbocycles. The lowest BCUT2D eigenvalue weighted by Crippen LogP contribution is -2.38. The molecule has 1 saturated heterocycles. The predicted molar refractivity (Wildman–Crippen MR) is 92.2 cm³/mol. The molecule has 130 valence electrons. The number of aryl methyl sites for hydroxylation is 2. The second-order valence-electron chi connectivity index (χ2n) is 6.87. The minimum atomic E-state index is -0.744. The lowest BCUT2D eigenvalue weighted by Gasteiger charge is -2.28. The third-order valence-corrected chi connectivity index (χ3v) is 4.68. The number of halogens is 1. The summed E-state index contributed by atoms with van der Waals surface area (Å²) in [5.74, 6) is 0.988. The minimum absolute atomic E-state index is 0.227. The van der Waals surface area contributed by atoms with E-state index < -0.39 is 6.17 Å². The quantitative estimate of drug-likeness (QED) is 0.813. The Labute approximate surface area is 143 Å². The molecule has 24 heavy (non-hydrogen) atoms. The van der Waals surface area contributed by atoms with E-state index in [9.17, 15) is 4.39 Å². The Balaban J connectivity index is 1.60. The summed E-state index contributed by atoms with van der Waals surface area (Å²) < 4.78 is 16.0. The third kappa shape index (κ3) is 4.19. The standard InChI is InChI=1S/C18H26FN5/c1-14-8-15(4-5-20-14)10-22(2)12-17-9-16(19)11-24(17)13-18-21-6-7-23(18)3/h4-8,16-17H,9-13H2,1-3H3/t16-,17-/m0/s1. The normalized spacial score (nSPS) is 21.7. The van der Waals surface area contributed by atoms with E-state index in [1.54, 1.807) is 6.20 Å². The first kappa shape index (κ1) is 17.0. The monoisotopic (exact) mass is 331 g/mol. The number of alkyl halides is 1. The summed E-state index contributed by atoms with van der Waals surface area (Å²) in [6, 6.07) is 4.38. The number of nitrogens with zero attached hydrogens (tertiary/aromatic N) is 5. The predicted octanol–water partition coefficient (Wildman–Crippen LogP) is 2.17. The average molecular weight is 331 g/mol. The van der Waals surface area contributed by atoms with Crippen molar-refractivity contribution in [2.75, 3.05) is 20.1 Å². The fourth-order valence-corrected chi connectivity index (χ4v) is 3.48. The SMILES string of the molecule is Cc1cc(CN(C)C[C@@H]2C[C@H](F)CN2Cc2nccn2C)ccn1. The van der Waals surface area contributed by atoms with Crippen LogP contribution in [-0.4, -0.2) is 56.7 Å². The Morgan fingerprint density at radius 2 is 2.17 bits per heavy atom. The van der Waals surface area contributed by atoms with Gasteiger partial charge in [-0.3, -0.25) is 9.88 Å². The number of pyridine rings is 1. The summed E-state index contributed by atoms with van der Waals surface area (Å²) in [4.78, 5) is 13.1. The van der Waals surface area contributed by atoms with Crippen LogP contribution in [0.3, 0.4) is 0 Å². The fourth-order valence-electron chi connectivity index (χ4n) is 3.48. The van der Waals surface area contributed by atoms with Crippen LogP contribution in [0.4, 0.5) is 4.39 Å². The molecule has 0 amide bonds. The maximum absolute atomic E-state index is 14.0. The van der Waals surface area contributed by atoms with Crippen LogP contribution >= 0.6 is 0 Å². The summed E-state index contributed by atoms with van der Waals surface area (Å²) in [5, 5.41) is 0. The Bertz CT molecular complexity index is 671. The second-order valence-corrected chi connectivity index (χ2v) is 6.87. The van der Waals surface area contributed by atoms with Crippen LogP contribution in [0.25, 0.3) is 0 Å². The molecule has 0 bridgehead atoms. The largest absolute Gasteiger partial charge is 0.337 e. The summed E-state index contributed by atoms with van der Waals surface area (Å²) in [5.41, 5.74) is 2.28. The zero-order valence-corrected chi connectivity index (χ0v) is 14.7. The molecule has 6 heteroatoms. The highest BCUT2D eigenvalue weighted by Gasteiger charge is 2.33. The number of likely N-dealkylation sites (N-methyl/N-ethyl adjacent to an activating group) is 1. The number of hydrogen-bond donors (Lipinski definition) is 0. The molecule has 2 aromatic rings. The Hall–Kier alpha value is -1.79. The molecule has 1 aliphatic heterocycles. The van der Waals surface area contributed by atoms with Gasteiger partial charge in [0.15, 0.2) is 0 Å². The van der Waals surface area contributed by atoms with Crippen molar-refractivity contribution >= 4 is 0 Å². The van der Waals surface area contributed by atoms with Gasteiger partial charge in [-0.1, -0.05) is 0 Å². The van der Waals surface area contributed by atoms with E-state index in [1.165, 1.54) is 5.56 Å². The molecule has 0 N–H and O–H groups in total. The number of imidazole rings is 1. The minimum Gasteiger partial charge on any atom is -0.337 e. The molecule has 3 rings (SSSR count). The van der Waals surface area contributed by atoms with Gasteiger partial charge in [-0.2, -0.15) is 0 Å². The van der Waals surface area contributed by atoms with E-state index in [0.29, 0.717) is 19.5 Å². The van der Waals surface area contributed by atoms with E-state index in [0.717, 1.165) is 24.6 Å². The highest BCUT2D eigenvalue weighted by Crippen LogP contribution is 2.23. The molecule has 1 aliphatic rings. The summed E-state index contributed by atoms with van der Waals surface area (Å²) >= 11 is 0. The molecule has 3 heterocycles. The van der Waals surface area contributed by atoms with Crippen LogP contribution in [0.5, 0.6) is 0 Å². The van der Waals surface area contributed by atoms with Crippen molar-refractivity contribution < 1.29 is 4.39 Å². The highest BCUT2D eigenvalue weighted by molar-refractivity contribution is 5.15. The third-order valence-electron chi connectivity index (χ3n) is 4.68. The molecule has 2 aromatic heterocycles. The van der Waals surface area contributed by atoms with Gasteiger partial charge in [-0.15, -0.1) is 0 Å². The maximum Gasteiger partial charge on any atom is 0.122 e. The van der Waals surface area contributed by atoms with E-state index in [1.807, 2.05) is 37.0 Å². The lowest BCUT2D eigenvalue weighted by atomic mass is 10.1. The van der Waals surface area contributed by atoms with Crippen LogP contribution in [0.2, 0.25) is 0 Å². The maximum atomic E-state index is 14.0. The van der Waals surface area contributed by atoms with E-state index >= 15 is 0 Å². The van der Waals surface area contributed by atoms with Gasteiger partial charge in [0.2, 0.25) is 0 Å². The number of rotatable bonds is 6. The fraction of sp³-hybridized carbons (Fsp3) is 0.556. The van der Waals surface area contributed by atoms with Crippen molar-refractivity contribution in [2.45, 2.75) is 38.6 Å². The van der Waals surface area contributed by atoms with Gasteiger partial charge in [0.1, 0.15) is 12.0 Å². The Morgan fingerprint density at radius 3 is 2.88 bits per heavy atom. The zero-order valence-electron chi connectivity index (χ0n) is 14.7.